The summed E-state index contributed by atoms with van der Waals surface area (Å²) in [7, 11) is 1.29. The number of rotatable bonds is 3. The average Bonchev–Trinajstić information content (AvgIpc) is 2.92. The van der Waals surface area contributed by atoms with Crippen molar-refractivity contribution in [3.05, 3.63) is 47.8 Å². The number of hydrogen-bond donors (Lipinski definition) is 0. The molecular formula is C17H14F3N3O2. The van der Waals surface area contributed by atoms with Crippen LogP contribution >= 0.6 is 0 Å². The molecule has 1 aromatic carbocycles. The summed E-state index contributed by atoms with van der Waals surface area (Å²) in [5.41, 5.74) is -1.26. The molecule has 0 amide bonds. The molecule has 8 heteroatoms. The summed E-state index contributed by atoms with van der Waals surface area (Å²) in [6, 6.07) is 8.12. The molecule has 2 aromatic heterocycles. The highest BCUT2D eigenvalue weighted by atomic mass is 19.4. The first kappa shape index (κ1) is 16.9. The van der Waals surface area contributed by atoms with E-state index in [-0.39, 0.29) is 17.9 Å². The van der Waals surface area contributed by atoms with Gasteiger partial charge in [-0.3, -0.25) is 9.67 Å². The van der Waals surface area contributed by atoms with Crippen molar-refractivity contribution in [1.29, 1.82) is 0 Å². The maximum Gasteiger partial charge on any atom is 0.420 e. The van der Waals surface area contributed by atoms with Gasteiger partial charge in [0.25, 0.3) is 0 Å². The third kappa shape index (κ3) is 2.95. The molecular weight excluding hydrogens is 335 g/mol. The van der Waals surface area contributed by atoms with Gasteiger partial charge < -0.3 is 4.74 Å². The zero-order valence-electron chi connectivity index (χ0n) is 13.5. The standard InChI is InChI=1S/C17H14F3N3O2/c1-3-25-16(24)15-13(17(18,19)20)14(22-23(15)2)11-6-4-8-12-10(11)7-5-9-21-12/h4-9H,3H2,1-2H3. The van der Waals surface area contributed by atoms with Crippen LogP contribution in [-0.4, -0.2) is 27.3 Å². The molecule has 130 valence electrons. The fraction of sp³-hybridized carbons (Fsp3) is 0.235. The minimum atomic E-state index is -4.77. The van der Waals surface area contributed by atoms with Gasteiger partial charge in [0.05, 0.1) is 12.1 Å². The third-order valence-corrected chi connectivity index (χ3v) is 3.70. The average molecular weight is 349 g/mol. The second-order valence-corrected chi connectivity index (χ2v) is 5.29. The minimum Gasteiger partial charge on any atom is -0.461 e. The van der Waals surface area contributed by atoms with Crippen LogP contribution < -0.4 is 0 Å². The summed E-state index contributed by atoms with van der Waals surface area (Å²) in [5, 5.41) is 4.49. The first-order chi connectivity index (χ1) is 11.8. The van der Waals surface area contributed by atoms with Gasteiger partial charge in [0.2, 0.25) is 0 Å². The molecule has 0 aliphatic heterocycles. The Morgan fingerprint density at radius 2 is 2.00 bits per heavy atom. The number of aromatic nitrogens is 3. The van der Waals surface area contributed by atoms with E-state index < -0.39 is 23.4 Å². The Bertz CT molecular complexity index is 943. The Morgan fingerprint density at radius 1 is 1.24 bits per heavy atom. The van der Waals surface area contributed by atoms with E-state index in [2.05, 4.69) is 10.1 Å². The number of benzene rings is 1. The van der Waals surface area contributed by atoms with Crippen molar-refractivity contribution in [1.82, 2.24) is 14.8 Å². The van der Waals surface area contributed by atoms with Crippen LogP contribution in [0.1, 0.15) is 23.0 Å². The molecule has 0 radical (unpaired) electrons. The van der Waals surface area contributed by atoms with Crippen LogP contribution in [0.4, 0.5) is 13.2 Å². The predicted octanol–water partition coefficient (Wildman–Crippen LogP) is 3.83. The third-order valence-electron chi connectivity index (χ3n) is 3.70. The summed E-state index contributed by atoms with van der Waals surface area (Å²) >= 11 is 0. The first-order valence-corrected chi connectivity index (χ1v) is 7.50. The molecule has 0 saturated heterocycles. The summed E-state index contributed by atoms with van der Waals surface area (Å²) in [4.78, 5) is 16.2. The molecule has 25 heavy (non-hydrogen) atoms. The quantitative estimate of drug-likeness (QED) is 0.675. The number of ether oxygens (including phenoxy) is 1. The molecule has 0 saturated carbocycles. The topological polar surface area (TPSA) is 57.0 Å². The molecule has 0 fully saturated rings. The van der Waals surface area contributed by atoms with Crippen LogP contribution in [0, 0.1) is 0 Å². The Kier molecular flexibility index (Phi) is 4.20. The van der Waals surface area contributed by atoms with E-state index in [0.717, 1.165) is 4.68 Å². The van der Waals surface area contributed by atoms with Gasteiger partial charge in [0.1, 0.15) is 11.3 Å². The number of fused-ring (bicyclic) bond motifs is 1. The van der Waals surface area contributed by atoms with Gasteiger partial charge in [-0.25, -0.2) is 4.79 Å². The molecule has 2 heterocycles. The number of carbonyl (C=O) groups is 1. The monoisotopic (exact) mass is 349 g/mol. The van der Waals surface area contributed by atoms with Crippen molar-refractivity contribution < 1.29 is 22.7 Å². The van der Waals surface area contributed by atoms with Gasteiger partial charge in [0.15, 0.2) is 5.69 Å². The number of halogens is 3. The van der Waals surface area contributed by atoms with E-state index in [1.807, 2.05) is 0 Å². The van der Waals surface area contributed by atoms with Gasteiger partial charge in [-0.15, -0.1) is 0 Å². The van der Waals surface area contributed by atoms with Gasteiger partial charge in [-0.2, -0.15) is 18.3 Å². The van der Waals surface area contributed by atoms with E-state index in [0.29, 0.717) is 10.9 Å². The van der Waals surface area contributed by atoms with Crippen molar-refractivity contribution in [3.63, 3.8) is 0 Å². The molecule has 0 aliphatic rings. The summed E-state index contributed by atoms with van der Waals surface area (Å²) < 4.78 is 46.9. The second kappa shape index (κ2) is 6.19. The van der Waals surface area contributed by atoms with E-state index in [4.69, 9.17) is 4.74 Å². The number of carbonyl (C=O) groups excluding carboxylic acids is 1. The fourth-order valence-corrected chi connectivity index (χ4v) is 2.72. The Morgan fingerprint density at radius 3 is 2.68 bits per heavy atom. The molecule has 0 aliphatic carbocycles. The Hall–Kier alpha value is -2.90. The molecule has 3 rings (SSSR count). The Labute approximate surface area is 141 Å². The SMILES string of the molecule is CCOC(=O)c1c(C(F)(F)F)c(-c2cccc3ncccc23)nn1C. The molecule has 3 aromatic rings. The van der Waals surface area contributed by atoms with Crippen LogP contribution in [-0.2, 0) is 18.0 Å². The van der Waals surface area contributed by atoms with Crippen LogP contribution in [0.5, 0.6) is 0 Å². The smallest absolute Gasteiger partial charge is 0.420 e. The lowest BCUT2D eigenvalue weighted by molar-refractivity contribution is -0.137. The van der Waals surface area contributed by atoms with E-state index in [9.17, 15) is 18.0 Å². The second-order valence-electron chi connectivity index (χ2n) is 5.29. The van der Waals surface area contributed by atoms with Crippen LogP contribution in [0.2, 0.25) is 0 Å². The number of pyridine rings is 1. The van der Waals surface area contributed by atoms with Gasteiger partial charge in [-0.05, 0) is 19.1 Å². The molecule has 0 bridgehead atoms. The first-order valence-electron chi connectivity index (χ1n) is 7.50. The molecule has 0 N–H and O–H groups in total. The van der Waals surface area contributed by atoms with Gasteiger partial charge in [0, 0.05) is 24.2 Å². The normalized spacial score (nSPS) is 11.7. The van der Waals surface area contributed by atoms with Crippen LogP contribution in [0.3, 0.4) is 0 Å². The largest absolute Gasteiger partial charge is 0.461 e. The van der Waals surface area contributed by atoms with Crippen molar-refractivity contribution in [2.75, 3.05) is 6.61 Å². The highest BCUT2D eigenvalue weighted by Crippen LogP contribution is 2.41. The number of aryl methyl sites for hydroxylation is 1. The van der Waals surface area contributed by atoms with E-state index in [1.54, 1.807) is 30.5 Å². The number of nitrogens with zero attached hydrogens (tertiary/aromatic N) is 3. The van der Waals surface area contributed by atoms with Crippen LogP contribution in [0.25, 0.3) is 22.2 Å². The maximum absolute atomic E-state index is 13.7. The lowest BCUT2D eigenvalue weighted by Crippen LogP contribution is -2.17. The van der Waals surface area contributed by atoms with E-state index >= 15 is 0 Å². The highest BCUT2D eigenvalue weighted by Gasteiger charge is 2.42. The van der Waals surface area contributed by atoms with Gasteiger partial charge in [-0.1, -0.05) is 18.2 Å². The maximum atomic E-state index is 13.7. The molecule has 0 spiro atoms. The zero-order valence-corrected chi connectivity index (χ0v) is 13.5. The van der Waals surface area contributed by atoms with Crippen molar-refractivity contribution >= 4 is 16.9 Å². The van der Waals surface area contributed by atoms with Gasteiger partial charge >= 0.3 is 12.1 Å². The number of hydrogen-bond acceptors (Lipinski definition) is 4. The van der Waals surface area contributed by atoms with Crippen molar-refractivity contribution in [2.45, 2.75) is 13.1 Å². The van der Waals surface area contributed by atoms with E-state index in [1.165, 1.54) is 20.0 Å². The zero-order chi connectivity index (χ0) is 18.2. The predicted molar refractivity (Wildman–Crippen MR) is 84.9 cm³/mol. The highest BCUT2D eigenvalue weighted by molar-refractivity contribution is 5.97. The lowest BCUT2D eigenvalue weighted by Gasteiger charge is -2.11. The lowest BCUT2D eigenvalue weighted by atomic mass is 10.0. The van der Waals surface area contributed by atoms with Crippen LogP contribution in [0.15, 0.2) is 36.5 Å². The van der Waals surface area contributed by atoms with Crippen molar-refractivity contribution in [3.8, 4) is 11.3 Å². The fourth-order valence-electron chi connectivity index (χ4n) is 2.72. The molecule has 0 atom stereocenters. The number of alkyl halides is 3. The van der Waals surface area contributed by atoms with Crippen molar-refractivity contribution in [2.24, 2.45) is 7.05 Å². The Balaban J connectivity index is 2.33. The summed E-state index contributed by atoms with van der Waals surface area (Å²) in [5.74, 6) is -1.06. The minimum absolute atomic E-state index is 0.0329. The summed E-state index contributed by atoms with van der Waals surface area (Å²) in [6.07, 6.45) is -3.21. The summed E-state index contributed by atoms with van der Waals surface area (Å²) in [6.45, 7) is 1.49. The molecule has 5 nitrogen and oxygen atoms in total. The molecule has 0 unspecified atom stereocenters. The number of esters is 1.